The van der Waals surface area contributed by atoms with Crippen molar-refractivity contribution in [3.63, 3.8) is 0 Å². The minimum absolute atomic E-state index is 0. The summed E-state index contributed by atoms with van der Waals surface area (Å²) in [4.78, 5) is 12.0. The van der Waals surface area contributed by atoms with Crippen molar-refractivity contribution < 1.29 is 4.79 Å². The molecule has 0 aliphatic carbocycles. The third-order valence-corrected chi connectivity index (χ3v) is 2.94. The van der Waals surface area contributed by atoms with E-state index in [0.29, 0.717) is 25.5 Å². The highest BCUT2D eigenvalue weighted by Crippen LogP contribution is 2.12. The minimum Gasteiger partial charge on any atom is -0.353 e. The number of rotatable bonds is 7. The summed E-state index contributed by atoms with van der Waals surface area (Å²) in [6, 6.07) is 9.06. The zero-order valence-electron chi connectivity index (χ0n) is 12.7. The number of benzene rings is 1. The fraction of sp³-hybridized carbons (Fsp3) is 0.385. The molecule has 1 heterocycles. The number of nitrogens with one attached hydrogen (secondary N) is 2. The molecule has 10 heteroatoms. The van der Waals surface area contributed by atoms with Crippen LogP contribution < -0.4 is 16.4 Å². The van der Waals surface area contributed by atoms with Crippen LogP contribution in [0.2, 0.25) is 0 Å². The second-order valence-corrected chi connectivity index (χ2v) is 4.43. The molecule has 1 amide bonds. The molecule has 1 aromatic heterocycles. The van der Waals surface area contributed by atoms with Crippen LogP contribution in [0.4, 0.5) is 5.95 Å². The maximum Gasteiger partial charge on any atom is 0.248 e. The van der Waals surface area contributed by atoms with Crippen LogP contribution in [0.25, 0.3) is 5.69 Å². The molecule has 0 saturated heterocycles. The molecular formula is C13H21Cl2N7O. The van der Waals surface area contributed by atoms with Crippen molar-refractivity contribution in [3.8, 4) is 5.69 Å². The van der Waals surface area contributed by atoms with E-state index in [1.165, 1.54) is 0 Å². The summed E-state index contributed by atoms with van der Waals surface area (Å²) < 4.78 is 1.55. The van der Waals surface area contributed by atoms with Crippen LogP contribution in [0, 0.1) is 0 Å². The second-order valence-electron chi connectivity index (χ2n) is 4.43. The summed E-state index contributed by atoms with van der Waals surface area (Å²) >= 11 is 0. The van der Waals surface area contributed by atoms with Crippen molar-refractivity contribution in [1.82, 2.24) is 25.5 Å². The smallest absolute Gasteiger partial charge is 0.248 e. The number of anilines is 1. The highest BCUT2D eigenvalue weighted by Gasteiger charge is 2.19. The summed E-state index contributed by atoms with van der Waals surface area (Å²) in [5, 5.41) is 17.3. The van der Waals surface area contributed by atoms with Gasteiger partial charge in [-0.1, -0.05) is 30.2 Å². The first-order chi connectivity index (χ1) is 10.3. The molecule has 2 rings (SSSR count). The molecule has 0 radical (unpaired) electrons. The van der Waals surface area contributed by atoms with Gasteiger partial charge in [0.25, 0.3) is 0 Å². The minimum atomic E-state index is -0.412. The average Bonchev–Trinajstić information content (AvgIpc) is 2.99. The SMILES string of the molecule is CCC(Nc1nnnn1-c1ccccc1)C(=O)NCCN.Cl.Cl. The molecule has 4 N–H and O–H groups in total. The maximum absolute atomic E-state index is 12.0. The van der Waals surface area contributed by atoms with E-state index >= 15 is 0 Å². The van der Waals surface area contributed by atoms with E-state index in [9.17, 15) is 4.79 Å². The molecule has 1 aromatic carbocycles. The van der Waals surface area contributed by atoms with E-state index in [-0.39, 0.29) is 30.7 Å². The number of nitrogens with two attached hydrogens (primary N) is 1. The van der Waals surface area contributed by atoms with Crippen molar-refractivity contribution >= 4 is 36.7 Å². The van der Waals surface area contributed by atoms with Gasteiger partial charge in [-0.05, 0) is 29.0 Å². The largest absolute Gasteiger partial charge is 0.353 e. The van der Waals surface area contributed by atoms with E-state index < -0.39 is 6.04 Å². The van der Waals surface area contributed by atoms with Crippen molar-refractivity contribution in [1.29, 1.82) is 0 Å². The number of hydrogen-bond acceptors (Lipinski definition) is 6. The molecule has 128 valence electrons. The molecule has 0 saturated carbocycles. The van der Waals surface area contributed by atoms with Crippen LogP contribution in [0.5, 0.6) is 0 Å². The Hall–Kier alpha value is -1.90. The van der Waals surface area contributed by atoms with Crippen molar-refractivity contribution in [2.24, 2.45) is 5.73 Å². The van der Waals surface area contributed by atoms with Crippen molar-refractivity contribution in [2.45, 2.75) is 19.4 Å². The molecule has 0 aliphatic heterocycles. The fourth-order valence-corrected chi connectivity index (χ4v) is 1.85. The second kappa shape index (κ2) is 10.8. The predicted molar refractivity (Wildman–Crippen MR) is 93.4 cm³/mol. The number of carbonyl (C=O) groups is 1. The van der Waals surface area contributed by atoms with Crippen molar-refractivity contribution in [2.75, 3.05) is 18.4 Å². The third-order valence-electron chi connectivity index (χ3n) is 2.94. The van der Waals surface area contributed by atoms with Crippen LogP contribution >= 0.6 is 24.8 Å². The number of hydrogen-bond donors (Lipinski definition) is 3. The number of amides is 1. The van der Waals surface area contributed by atoms with Crippen LogP contribution in [0.1, 0.15) is 13.3 Å². The molecule has 0 aliphatic rings. The quantitative estimate of drug-likeness (QED) is 0.671. The van der Waals surface area contributed by atoms with Gasteiger partial charge in [-0.3, -0.25) is 4.79 Å². The Morgan fingerprint density at radius 2 is 2.00 bits per heavy atom. The zero-order valence-corrected chi connectivity index (χ0v) is 14.3. The number of carbonyl (C=O) groups excluding carboxylic acids is 1. The Bertz CT molecular complexity index is 579. The third kappa shape index (κ3) is 5.66. The van der Waals surface area contributed by atoms with Gasteiger partial charge in [-0.25, -0.2) is 0 Å². The molecule has 23 heavy (non-hydrogen) atoms. The Morgan fingerprint density at radius 3 is 2.61 bits per heavy atom. The Labute approximate surface area is 147 Å². The van der Waals surface area contributed by atoms with Gasteiger partial charge in [-0.2, -0.15) is 4.68 Å². The molecular weight excluding hydrogens is 341 g/mol. The first-order valence-electron chi connectivity index (χ1n) is 6.84. The van der Waals surface area contributed by atoms with E-state index in [1.807, 2.05) is 37.3 Å². The molecule has 0 spiro atoms. The van der Waals surface area contributed by atoms with Gasteiger partial charge in [0.1, 0.15) is 6.04 Å². The number of halogens is 2. The zero-order chi connectivity index (χ0) is 15.1. The standard InChI is InChI=1S/C13H19N7O.2ClH/c1-2-11(12(21)15-9-8-14)16-13-17-18-19-20(13)10-6-4-3-5-7-10;;/h3-7,11H,2,8-9,14H2,1H3,(H,15,21)(H,16,17,19);2*1H. The van der Waals surface area contributed by atoms with Gasteiger partial charge in [0.05, 0.1) is 5.69 Å². The number of aromatic nitrogens is 4. The van der Waals surface area contributed by atoms with Crippen LogP contribution in [-0.2, 0) is 4.79 Å². The summed E-state index contributed by atoms with van der Waals surface area (Å²) in [5.41, 5.74) is 6.20. The molecule has 2 aromatic rings. The van der Waals surface area contributed by atoms with Crippen LogP contribution in [0.15, 0.2) is 30.3 Å². The normalized spacial score (nSPS) is 10.9. The van der Waals surface area contributed by atoms with E-state index in [4.69, 9.17) is 5.73 Å². The van der Waals surface area contributed by atoms with Gasteiger partial charge >= 0.3 is 0 Å². The lowest BCUT2D eigenvalue weighted by Crippen LogP contribution is -2.41. The lowest BCUT2D eigenvalue weighted by atomic mass is 10.2. The molecule has 8 nitrogen and oxygen atoms in total. The van der Waals surface area contributed by atoms with E-state index in [1.54, 1.807) is 4.68 Å². The van der Waals surface area contributed by atoms with E-state index in [0.717, 1.165) is 5.69 Å². The lowest BCUT2D eigenvalue weighted by Gasteiger charge is -2.16. The molecule has 1 unspecified atom stereocenters. The Kier molecular flexibility index (Phi) is 9.87. The highest BCUT2D eigenvalue weighted by molar-refractivity contribution is 5.85. The van der Waals surface area contributed by atoms with Crippen LogP contribution in [-0.4, -0.2) is 45.2 Å². The molecule has 0 fully saturated rings. The summed E-state index contributed by atoms with van der Waals surface area (Å²) in [5.74, 6) is 0.307. The first kappa shape index (κ1) is 21.1. The monoisotopic (exact) mass is 361 g/mol. The Morgan fingerprint density at radius 1 is 1.30 bits per heavy atom. The number of para-hydroxylation sites is 1. The maximum atomic E-state index is 12.0. The van der Waals surface area contributed by atoms with Gasteiger partial charge in [-0.15, -0.1) is 24.8 Å². The summed E-state index contributed by atoms with van der Waals surface area (Å²) in [7, 11) is 0. The van der Waals surface area contributed by atoms with E-state index in [2.05, 4.69) is 26.2 Å². The molecule has 1 atom stereocenters. The van der Waals surface area contributed by atoms with Gasteiger partial charge in [0, 0.05) is 13.1 Å². The topological polar surface area (TPSA) is 111 Å². The predicted octanol–water partition coefficient (Wildman–Crippen LogP) is 0.771. The summed E-state index contributed by atoms with van der Waals surface area (Å²) in [6.45, 7) is 2.76. The van der Waals surface area contributed by atoms with Crippen molar-refractivity contribution in [3.05, 3.63) is 30.3 Å². The number of tetrazole rings is 1. The van der Waals surface area contributed by atoms with Gasteiger partial charge in [0.15, 0.2) is 0 Å². The lowest BCUT2D eigenvalue weighted by molar-refractivity contribution is -0.121. The van der Waals surface area contributed by atoms with Gasteiger partial charge < -0.3 is 16.4 Å². The fourth-order valence-electron chi connectivity index (χ4n) is 1.85. The average molecular weight is 362 g/mol. The Balaban J connectivity index is 0.00000242. The first-order valence-corrected chi connectivity index (χ1v) is 6.84. The number of nitrogens with zero attached hydrogens (tertiary/aromatic N) is 4. The van der Waals surface area contributed by atoms with Gasteiger partial charge in [0.2, 0.25) is 11.9 Å². The molecule has 0 bridgehead atoms. The van der Waals surface area contributed by atoms with Crippen LogP contribution in [0.3, 0.4) is 0 Å². The summed E-state index contributed by atoms with van der Waals surface area (Å²) in [6.07, 6.45) is 0.609. The highest BCUT2D eigenvalue weighted by atomic mass is 35.5.